The second-order valence-electron chi connectivity index (χ2n) is 5.01. The Morgan fingerprint density at radius 2 is 2.11 bits per heavy atom. The minimum Gasteiger partial charge on any atom is -0.495 e. The molecule has 0 saturated heterocycles. The molecular weight excluding hydrogens is 283 g/mol. The van der Waals surface area contributed by atoms with E-state index in [0.29, 0.717) is 22.8 Å². The number of alkyl halides is 1. The number of ether oxygens (including phenoxy) is 2. The molecule has 0 spiro atoms. The average Bonchev–Trinajstić information content (AvgIpc) is 2.36. The molecule has 0 bridgehead atoms. The van der Waals surface area contributed by atoms with E-state index >= 15 is 0 Å². The summed E-state index contributed by atoms with van der Waals surface area (Å²) in [6.07, 6.45) is 3.67. The first-order valence-electron chi connectivity index (χ1n) is 6.73. The van der Waals surface area contributed by atoms with E-state index in [1.54, 1.807) is 7.11 Å². The largest absolute Gasteiger partial charge is 0.495 e. The zero-order valence-electron chi connectivity index (χ0n) is 11.4. The Morgan fingerprint density at radius 1 is 1.37 bits per heavy atom. The van der Waals surface area contributed by atoms with E-state index in [0.717, 1.165) is 31.4 Å². The van der Waals surface area contributed by atoms with E-state index in [2.05, 4.69) is 0 Å². The van der Waals surface area contributed by atoms with Crippen LogP contribution < -0.4 is 4.74 Å². The Balaban J connectivity index is 1.87. The zero-order valence-corrected chi connectivity index (χ0v) is 12.9. The highest BCUT2D eigenvalue weighted by molar-refractivity contribution is 6.32. The molecule has 4 heteroatoms. The molecule has 1 aliphatic carbocycles. The maximum absolute atomic E-state index is 6.47. The Kier molecular flexibility index (Phi) is 5.37. The second kappa shape index (κ2) is 6.83. The van der Waals surface area contributed by atoms with Gasteiger partial charge in [0, 0.05) is 6.61 Å². The van der Waals surface area contributed by atoms with Crippen molar-refractivity contribution in [2.24, 2.45) is 5.92 Å². The van der Waals surface area contributed by atoms with Crippen LogP contribution in [0.3, 0.4) is 0 Å². The van der Waals surface area contributed by atoms with Crippen LogP contribution in [0.4, 0.5) is 0 Å². The average molecular weight is 303 g/mol. The fraction of sp³-hybridized carbons (Fsp3) is 0.600. The number of benzene rings is 1. The fourth-order valence-electron chi connectivity index (χ4n) is 2.54. The summed E-state index contributed by atoms with van der Waals surface area (Å²) < 4.78 is 10.7. The maximum atomic E-state index is 6.47. The molecule has 2 nitrogen and oxygen atoms in total. The van der Waals surface area contributed by atoms with Crippen LogP contribution in [0.1, 0.15) is 37.1 Å². The molecule has 106 valence electrons. The van der Waals surface area contributed by atoms with Crippen molar-refractivity contribution in [1.29, 1.82) is 0 Å². The Hall–Kier alpha value is -0.440. The van der Waals surface area contributed by atoms with Crippen LogP contribution in [0.25, 0.3) is 0 Å². The molecule has 2 rings (SSSR count). The van der Waals surface area contributed by atoms with Gasteiger partial charge in [0.1, 0.15) is 5.75 Å². The van der Waals surface area contributed by atoms with Gasteiger partial charge in [-0.25, -0.2) is 0 Å². The Bertz CT molecular complexity index is 417. The summed E-state index contributed by atoms with van der Waals surface area (Å²) in [7, 11) is 1.61. The number of rotatable bonds is 6. The molecule has 1 fully saturated rings. The van der Waals surface area contributed by atoms with Crippen LogP contribution in [-0.4, -0.2) is 19.8 Å². The van der Waals surface area contributed by atoms with Crippen LogP contribution in [0, 0.1) is 5.92 Å². The molecule has 0 aliphatic heterocycles. The highest BCUT2D eigenvalue weighted by atomic mass is 35.5. The highest BCUT2D eigenvalue weighted by Gasteiger charge is 2.31. The molecule has 0 aromatic heterocycles. The topological polar surface area (TPSA) is 18.5 Å². The molecule has 19 heavy (non-hydrogen) atoms. The molecule has 1 aromatic rings. The van der Waals surface area contributed by atoms with Crippen LogP contribution in [0.15, 0.2) is 18.2 Å². The van der Waals surface area contributed by atoms with Gasteiger partial charge in [-0.15, -0.1) is 11.6 Å². The molecule has 0 radical (unpaired) electrons. The second-order valence-corrected chi connectivity index (χ2v) is 5.95. The molecule has 1 aliphatic rings. The zero-order chi connectivity index (χ0) is 13.8. The quantitative estimate of drug-likeness (QED) is 0.701. The van der Waals surface area contributed by atoms with Gasteiger partial charge in [0.2, 0.25) is 0 Å². The van der Waals surface area contributed by atoms with Gasteiger partial charge in [0.05, 0.1) is 23.6 Å². The lowest BCUT2D eigenvalue weighted by Gasteiger charge is -2.36. The van der Waals surface area contributed by atoms with Crippen LogP contribution in [0.2, 0.25) is 5.02 Å². The van der Waals surface area contributed by atoms with E-state index in [4.69, 9.17) is 32.7 Å². The highest BCUT2D eigenvalue weighted by Crippen LogP contribution is 2.40. The Morgan fingerprint density at radius 3 is 2.68 bits per heavy atom. The van der Waals surface area contributed by atoms with E-state index < -0.39 is 0 Å². The summed E-state index contributed by atoms with van der Waals surface area (Å²) in [5.74, 6) is 1.36. The van der Waals surface area contributed by atoms with Crippen molar-refractivity contribution < 1.29 is 9.47 Å². The first-order valence-corrected chi connectivity index (χ1v) is 7.54. The van der Waals surface area contributed by atoms with Crippen molar-refractivity contribution in [2.45, 2.75) is 37.7 Å². The monoisotopic (exact) mass is 302 g/mol. The van der Waals surface area contributed by atoms with Gasteiger partial charge < -0.3 is 9.47 Å². The fourth-order valence-corrected chi connectivity index (χ4v) is 3.20. The summed E-state index contributed by atoms with van der Waals surface area (Å²) in [6.45, 7) is 2.84. The van der Waals surface area contributed by atoms with E-state index in [1.165, 1.54) is 0 Å². The van der Waals surface area contributed by atoms with E-state index in [9.17, 15) is 0 Å². The van der Waals surface area contributed by atoms with Crippen LogP contribution in [0.5, 0.6) is 5.75 Å². The van der Waals surface area contributed by atoms with E-state index in [1.807, 2.05) is 25.1 Å². The Labute approximate surface area is 125 Å². The molecule has 0 amide bonds. The van der Waals surface area contributed by atoms with Gasteiger partial charge in [-0.05, 0) is 49.8 Å². The summed E-state index contributed by atoms with van der Waals surface area (Å²) in [5, 5.41) is 0.627. The van der Waals surface area contributed by atoms with Gasteiger partial charge in [-0.2, -0.15) is 0 Å². The van der Waals surface area contributed by atoms with Crippen molar-refractivity contribution in [1.82, 2.24) is 0 Å². The van der Waals surface area contributed by atoms with Gasteiger partial charge in [0.15, 0.2) is 0 Å². The molecule has 1 saturated carbocycles. The minimum absolute atomic E-state index is 0.0102. The van der Waals surface area contributed by atoms with Crippen molar-refractivity contribution in [3.05, 3.63) is 28.8 Å². The van der Waals surface area contributed by atoms with Crippen molar-refractivity contribution >= 4 is 23.2 Å². The molecule has 1 unspecified atom stereocenters. The lowest BCUT2D eigenvalue weighted by atomic mass is 9.78. The smallest absolute Gasteiger partial charge is 0.137 e. The van der Waals surface area contributed by atoms with Gasteiger partial charge in [-0.1, -0.05) is 17.7 Å². The third-order valence-corrected chi connectivity index (χ3v) is 4.40. The number of hydrogen-bond acceptors (Lipinski definition) is 2. The van der Waals surface area contributed by atoms with Gasteiger partial charge >= 0.3 is 0 Å². The number of halogens is 2. The molecule has 1 atom stereocenters. The van der Waals surface area contributed by atoms with Gasteiger partial charge in [-0.3, -0.25) is 0 Å². The summed E-state index contributed by atoms with van der Waals surface area (Å²) in [4.78, 5) is 0. The first-order chi connectivity index (χ1) is 9.13. The molecule has 0 N–H and O–H groups in total. The molecule has 1 aromatic carbocycles. The third-order valence-electron chi connectivity index (χ3n) is 3.67. The molecule has 0 heterocycles. The normalized spacial score (nSPS) is 23.8. The predicted octanol–water partition coefficient (Wildman–Crippen LogP) is 4.83. The van der Waals surface area contributed by atoms with E-state index in [-0.39, 0.29) is 5.38 Å². The predicted molar refractivity (Wildman–Crippen MR) is 79.4 cm³/mol. The summed E-state index contributed by atoms with van der Waals surface area (Å²) in [5.41, 5.74) is 1.06. The van der Waals surface area contributed by atoms with Crippen molar-refractivity contribution in [3.63, 3.8) is 0 Å². The van der Waals surface area contributed by atoms with Crippen molar-refractivity contribution in [2.75, 3.05) is 13.7 Å². The summed E-state index contributed by atoms with van der Waals surface area (Å²) >= 11 is 12.6. The van der Waals surface area contributed by atoms with Gasteiger partial charge in [0.25, 0.3) is 0 Å². The van der Waals surface area contributed by atoms with Crippen LogP contribution >= 0.6 is 23.2 Å². The van der Waals surface area contributed by atoms with Crippen LogP contribution in [-0.2, 0) is 4.74 Å². The standard InChI is InChI=1S/C15H20Cl2O2/c1-3-19-12-6-10(7-12)8-13(16)11-4-5-15(18-2)14(17)9-11/h4-5,9-10,12-13H,3,6-8H2,1-2H3. The maximum Gasteiger partial charge on any atom is 0.137 e. The number of methoxy groups -OCH3 is 1. The third kappa shape index (κ3) is 3.77. The number of hydrogen-bond donors (Lipinski definition) is 0. The lowest BCUT2D eigenvalue weighted by Crippen LogP contribution is -2.31. The summed E-state index contributed by atoms with van der Waals surface area (Å²) in [6, 6.07) is 5.76. The minimum atomic E-state index is 0.0102. The van der Waals surface area contributed by atoms with Crippen molar-refractivity contribution in [3.8, 4) is 5.75 Å². The SMILES string of the molecule is CCOC1CC(CC(Cl)c2ccc(OC)c(Cl)c2)C1. The lowest BCUT2D eigenvalue weighted by molar-refractivity contribution is -0.0267. The first kappa shape index (κ1) is 15.0. The molecular formula is C15H20Cl2O2.